The van der Waals surface area contributed by atoms with E-state index in [1.165, 1.54) is 0 Å². The summed E-state index contributed by atoms with van der Waals surface area (Å²) in [5.41, 5.74) is 2.19. The molecule has 1 atom stereocenters. The fraction of sp³-hybridized carbons (Fsp3) is 0.562. The van der Waals surface area contributed by atoms with Crippen LogP contribution in [0.1, 0.15) is 30.9 Å². The van der Waals surface area contributed by atoms with Crippen LogP contribution in [-0.4, -0.2) is 41.8 Å². The fourth-order valence-electron chi connectivity index (χ4n) is 2.40. The summed E-state index contributed by atoms with van der Waals surface area (Å²) in [6, 6.07) is 7.93. The Kier molecular flexibility index (Phi) is 6.02. The van der Waals surface area contributed by atoms with Crippen LogP contribution in [0.5, 0.6) is 0 Å². The lowest BCUT2D eigenvalue weighted by molar-refractivity contribution is 0.0842. The Balaban J connectivity index is 1.78. The number of ether oxygens (including phenoxy) is 1. The average Bonchev–Trinajstić information content (AvgIpc) is 2.51. The molecular formula is C16H24N2O3. The van der Waals surface area contributed by atoms with Crippen LogP contribution in [0.3, 0.4) is 0 Å². The standard InChI is InChI=1S/C16H24N2O3/c1-2-21-12-14-7-5-13(6-8-14)10-17-16(20)18-9-3-4-15(19)11-18/h5-8,15,19H,2-4,9-12H2,1H3,(H,17,20). The highest BCUT2D eigenvalue weighted by molar-refractivity contribution is 5.74. The van der Waals surface area contributed by atoms with Gasteiger partial charge in [-0.25, -0.2) is 4.79 Å². The highest BCUT2D eigenvalue weighted by atomic mass is 16.5. The predicted octanol–water partition coefficient (Wildman–Crippen LogP) is 1.89. The molecule has 1 aromatic carbocycles. The molecule has 5 heteroatoms. The molecule has 0 bridgehead atoms. The van der Waals surface area contributed by atoms with Crippen molar-refractivity contribution < 1.29 is 14.6 Å². The Morgan fingerprint density at radius 3 is 2.76 bits per heavy atom. The second-order valence-electron chi connectivity index (χ2n) is 5.35. The Bertz CT molecular complexity index is 447. The van der Waals surface area contributed by atoms with E-state index in [4.69, 9.17) is 4.74 Å². The number of hydrogen-bond acceptors (Lipinski definition) is 3. The van der Waals surface area contributed by atoms with Crippen LogP contribution in [-0.2, 0) is 17.9 Å². The van der Waals surface area contributed by atoms with Crippen molar-refractivity contribution in [2.45, 2.75) is 39.0 Å². The number of carbonyl (C=O) groups excluding carboxylic acids is 1. The van der Waals surface area contributed by atoms with E-state index in [0.29, 0.717) is 26.3 Å². The number of aliphatic hydroxyl groups is 1. The van der Waals surface area contributed by atoms with Crippen LogP contribution in [0.15, 0.2) is 24.3 Å². The fourth-order valence-corrected chi connectivity index (χ4v) is 2.40. The second-order valence-corrected chi connectivity index (χ2v) is 5.35. The maximum atomic E-state index is 12.0. The van der Waals surface area contributed by atoms with Crippen molar-refractivity contribution >= 4 is 6.03 Å². The van der Waals surface area contributed by atoms with E-state index in [9.17, 15) is 9.90 Å². The van der Waals surface area contributed by atoms with Crippen molar-refractivity contribution in [2.75, 3.05) is 19.7 Å². The number of hydrogen-bond donors (Lipinski definition) is 2. The molecule has 1 heterocycles. The molecule has 116 valence electrons. The molecule has 1 aromatic rings. The van der Waals surface area contributed by atoms with Gasteiger partial charge < -0.3 is 20.1 Å². The molecule has 2 rings (SSSR count). The Labute approximate surface area is 125 Å². The van der Waals surface area contributed by atoms with Gasteiger partial charge in [0, 0.05) is 26.2 Å². The molecule has 0 saturated carbocycles. The number of urea groups is 1. The monoisotopic (exact) mass is 292 g/mol. The van der Waals surface area contributed by atoms with Crippen LogP contribution in [0.4, 0.5) is 4.79 Å². The molecule has 1 aliphatic rings. The largest absolute Gasteiger partial charge is 0.391 e. The van der Waals surface area contributed by atoms with Crippen LogP contribution in [0.25, 0.3) is 0 Å². The van der Waals surface area contributed by atoms with Crippen molar-refractivity contribution in [1.82, 2.24) is 10.2 Å². The SMILES string of the molecule is CCOCc1ccc(CNC(=O)N2CCCC(O)C2)cc1. The lowest BCUT2D eigenvalue weighted by Crippen LogP contribution is -2.46. The number of nitrogens with one attached hydrogen (secondary N) is 1. The summed E-state index contributed by atoms with van der Waals surface area (Å²) in [4.78, 5) is 13.7. The minimum atomic E-state index is -0.387. The van der Waals surface area contributed by atoms with E-state index in [2.05, 4.69) is 5.32 Å². The van der Waals surface area contributed by atoms with Crippen molar-refractivity contribution in [1.29, 1.82) is 0 Å². The quantitative estimate of drug-likeness (QED) is 0.871. The summed E-state index contributed by atoms with van der Waals surface area (Å²) < 4.78 is 5.35. The molecule has 1 aliphatic heterocycles. The highest BCUT2D eigenvalue weighted by Gasteiger charge is 2.21. The average molecular weight is 292 g/mol. The maximum Gasteiger partial charge on any atom is 0.317 e. The van der Waals surface area contributed by atoms with Crippen LogP contribution in [0.2, 0.25) is 0 Å². The number of likely N-dealkylation sites (tertiary alicyclic amines) is 1. The minimum absolute atomic E-state index is 0.104. The summed E-state index contributed by atoms with van der Waals surface area (Å²) in [5.74, 6) is 0. The smallest absolute Gasteiger partial charge is 0.317 e. The normalized spacial score (nSPS) is 18.6. The maximum absolute atomic E-state index is 12.0. The van der Waals surface area contributed by atoms with Gasteiger partial charge in [-0.3, -0.25) is 0 Å². The Morgan fingerprint density at radius 1 is 1.38 bits per heavy atom. The van der Waals surface area contributed by atoms with E-state index in [-0.39, 0.29) is 12.1 Å². The summed E-state index contributed by atoms with van der Waals surface area (Å²) >= 11 is 0. The summed E-state index contributed by atoms with van der Waals surface area (Å²) in [5, 5.41) is 12.5. The van der Waals surface area contributed by atoms with Gasteiger partial charge in [0.1, 0.15) is 0 Å². The highest BCUT2D eigenvalue weighted by Crippen LogP contribution is 2.10. The molecule has 0 spiro atoms. The van der Waals surface area contributed by atoms with Gasteiger partial charge in [-0.1, -0.05) is 24.3 Å². The zero-order chi connectivity index (χ0) is 15.1. The molecule has 1 fully saturated rings. The van der Waals surface area contributed by atoms with E-state index in [1.807, 2.05) is 31.2 Å². The third kappa shape index (κ3) is 5.02. The Morgan fingerprint density at radius 2 is 2.10 bits per heavy atom. The van der Waals surface area contributed by atoms with Crippen LogP contribution in [0, 0.1) is 0 Å². The van der Waals surface area contributed by atoms with Gasteiger partial charge in [-0.15, -0.1) is 0 Å². The first-order chi connectivity index (χ1) is 10.2. The number of benzene rings is 1. The molecule has 5 nitrogen and oxygen atoms in total. The number of amides is 2. The second kappa shape index (κ2) is 8.00. The van der Waals surface area contributed by atoms with Gasteiger partial charge in [0.05, 0.1) is 12.7 Å². The van der Waals surface area contributed by atoms with Gasteiger partial charge in [0.25, 0.3) is 0 Å². The summed E-state index contributed by atoms with van der Waals surface area (Å²) in [6.45, 7) is 4.95. The van der Waals surface area contributed by atoms with Gasteiger partial charge >= 0.3 is 6.03 Å². The summed E-state index contributed by atoms with van der Waals surface area (Å²) in [6.07, 6.45) is 1.26. The number of rotatable bonds is 5. The van der Waals surface area contributed by atoms with Gasteiger partial charge in [-0.2, -0.15) is 0 Å². The van der Waals surface area contributed by atoms with Gasteiger partial charge in [-0.05, 0) is 30.9 Å². The van der Waals surface area contributed by atoms with Crippen molar-refractivity contribution in [3.8, 4) is 0 Å². The molecule has 1 saturated heterocycles. The predicted molar refractivity (Wildman–Crippen MR) is 80.8 cm³/mol. The number of nitrogens with zero attached hydrogens (tertiary/aromatic N) is 1. The van der Waals surface area contributed by atoms with E-state index >= 15 is 0 Å². The lowest BCUT2D eigenvalue weighted by atomic mass is 10.1. The lowest BCUT2D eigenvalue weighted by Gasteiger charge is -2.30. The first-order valence-corrected chi connectivity index (χ1v) is 7.55. The first-order valence-electron chi connectivity index (χ1n) is 7.55. The topological polar surface area (TPSA) is 61.8 Å². The number of aliphatic hydroxyl groups excluding tert-OH is 1. The van der Waals surface area contributed by atoms with Crippen LogP contribution < -0.4 is 5.32 Å². The van der Waals surface area contributed by atoms with E-state index < -0.39 is 0 Å². The molecule has 2 amide bonds. The molecule has 0 aromatic heterocycles. The molecular weight excluding hydrogens is 268 g/mol. The van der Waals surface area contributed by atoms with E-state index in [0.717, 1.165) is 30.5 Å². The molecule has 21 heavy (non-hydrogen) atoms. The number of piperidine rings is 1. The molecule has 1 unspecified atom stereocenters. The zero-order valence-electron chi connectivity index (χ0n) is 12.5. The molecule has 2 N–H and O–H groups in total. The summed E-state index contributed by atoms with van der Waals surface area (Å²) in [7, 11) is 0. The van der Waals surface area contributed by atoms with Crippen molar-refractivity contribution in [3.05, 3.63) is 35.4 Å². The minimum Gasteiger partial charge on any atom is -0.391 e. The van der Waals surface area contributed by atoms with E-state index in [1.54, 1.807) is 4.90 Å². The first kappa shape index (κ1) is 15.8. The Hall–Kier alpha value is -1.59. The molecule has 0 radical (unpaired) electrons. The number of β-amino-alcohol motifs (C(OH)–C–C–N with tert-alkyl or cyclic N) is 1. The van der Waals surface area contributed by atoms with Gasteiger partial charge in [0.2, 0.25) is 0 Å². The van der Waals surface area contributed by atoms with Crippen LogP contribution >= 0.6 is 0 Å². The number of carbonyl (C=O) groups is 1. The van der Waals surface area contributed by atoms with Gasteiger partial charge in [0.15, 0.2) is 0 Å². The van der Waals surface area contributed by atoms with Crippen molar-refractivity contribution in [2.24, 2.45) is 0 Å². The van der Waals surface area contributed by atoms with Crippen molar-refractivity contribution in [3.63, 3.8) is 0 Å². The third-order valence-corrected chi connectivity index (χ3v) is 3.62. The molecule has 0 aliphatic carbocycles. The third-order valence-electron chi connectivity index (χ3n) is 3.62. The zero-order valence-corrected chi connectivity index (χ0v) is 12.5.